The van der Waals surface area contributed by atoms with E-state index in [1.54, 1.807) is 18.2 Å². The van der Waals surface area contributed by atoms with Crippen LogP contribution in [0.5, 0.6) is 0 Å². The number of halogens is 3. The van der Waals surface area contributed by atoms with Crippen molar-refractivity contribution in [3.05, 3.63) is 58.1 Å². The molecule has 2 nitrogen and oxygen atoms in total. The first-order chi connectivity index (χ1) is 8.61. The Labute approximate surface area is 111 Å². The van der Waals surface area contributed by atoms with Crippen LogP contribution in [0.25, 0.3) is 0 Å². The fourth-order valence-electron chi connectivity index (χ4n) is 1.43. The second kappa shape index (κ2) is 5.15. The average molecular weight is 309 g/mol. The second-order valence-electron chi connectivity index (χ2n) is 3.53. The Balaban J connectivity index is 2.35. The van der Waals surface area contributed by atoms with Gasteiger partial charge in [-0.05, 0) is 46.3 Å². The normalized spacial score (nSPS) is 9.89. The second-order valence-corrected chi connectivity index (χ2v) is 4.39. The van der Waals surface area contributed by atoms with Crippen LogP contribution >= 0.6 is 15.9 Å². The topological polar surface area (TPSA) is 35.8 Å². The quantitative estimate of drug-likeness (QED) is 0.895. The summed E-state index contributed by atoms with van der Waals surface area (Å²) in [7, 11) is 0. The Kier molecular flexibility index (Phi) is 3.58. The SMILES string of the molecule is N#Cc1ccc(Nc2cccc(F)c2F)c(Br)c1. The molecule has 0 saturated heterocycles. The molecule has 0 aromatic heterocycles. The van der Waals surface area contributed by atoms with Crippen LogP contribution in [0.4, 0.5) is 20.2 Å². The molecule has 0 bridgehead atoms. The van der Waals surface area contributed by atoms with E-state index in [1.807, 2.05) is 6.07 Å². The first-order valence-electron chi connectivity index (χ1n) is 5.02. The Morgan fingerprint density at radius 3 is 2.56 bits per heavy atom. The summed E-state index contributed by atoms with van der Waals surface area (Å²) in [6.45, 7) is 0. The van der Waals surface area contributed by atoms with Crippen molar-refractivity contribution in [3.8, 4) is 6.07 Å². The smallest absolute Gasteiger partial charge is 0.182 e. The van der Waals surface area contributed by atoms with Gasteiger partial charge < -0.3 is 5.32 Å². The monoisotopic (exact) mass is 308 g/mol. The summed E-state index contributed by atoms with van der Waals surface area (Å²) >= 11 is 3.26. The van der Waals surface area contributed by atoms with E-state index in [9.17, 15) is 8.78 Å². The van der Waals surface area contributed by atoms with Crippen LogP contribution in [0.3, 0.4) is 0 Å². The lowest BCUT2D eigenvalue weighted by molar-refractivity contribution is 0.512. The Bertz CT molecular complexity index is 635. The molecule has 0 aliphatic rings. The van der Waals surface area contributed by atoms with Gasteiger partial charge in [0.05, 0.1) is 23.0 Å². The lowest BCUT2D eigenvalue weighted by atomic mass is 10.2. The molecular weight excluding hydrogens is 302 g/mol. The fourth-order valence-corrected chi connectivity index (χ4v) is 1.91. The van der Waals surface area contributed by atoms with Gasteiger partial charge in [0.2, 0.25) is 0 Å². The van der Waals surface area contributed by atoms with Crippen molar-refractivity contribution in [3.63, 3.8) is 0 Å². The van der Waals surface area contributed by atoms with Crippen LogP contribution < -0.4 is 5.32 Å². The average Bonchev–Trinajstić information content (AvgIpc) is 2.37. The number of rotatable bonds is 2. The van der Waals surface area contributed by atoms with Gasteiger partial charge in [-0.2, -0.15) is 5.26 Å². The highest BCUT2D eigenvalue weighted by atomic mass is 79.9. The maximum atomic E-state index is 13.5. The van der Waals surface area contributed by atoms with Gasteiger partial charge in [0, 0.05) is 4.47 Å². The molecule has 0 amide bonds. The molecule has 0 radical (unpaired) electrons. The van der Waals surface area contributed by atoms with E-state index in [1.165, 1.54) is 12.1 Å². The lowest BCUT2D eigenvalue weighted by Gasteiger charge is -2.09. The van der Waals surface area contributed by atoms with Gasteiger partial charge in [0.15, 0.2) is 11.6 Å². The zero-order chi connectivity index (χ0) is 13.1. The van der Waals surface area contributed by atoms with E-state index in [-0.39, 0.29) is 5.69 Å². The van der Waals surface area contributed by atoms with Crippen molar-refractivity contribution in [2.75, 3.05) is 5.32 Å². The van der Waals surface area contributed by atoms with Crippen LogP contribution in [0.15, 0.2) is 40.9 Å². The van der Waals surface area contributed by atoms with Crippen molar-refractivity contribution < 1.29 is 8.78 Å². The predicted molar refractivity (Wildman–Crippen MR) is 68.5 cm³/mol. The first-order valence-corrected chi connectivity index (χ1v) is 5.82. The van der Waals surface area contributed by atoms with Crippen LogP contribution in [-0.4, -0.2) is 0 Å². The molecule has 0 aliphatic carbocycles. The molecule has 1 N–H and O–H groups in total. The number of nitriles is 1. The van der Waals surface area contributed by atoms with Gasteiger partial charge in [-0.25, -0.2) is 8.78 Å². The van der Waals surface area contributed by atoms with Crippen molar-refractivity contribution >= 4 is 27.3 Å². The summed E-state index contributed by atoms with van der Waals surface area (Å²) in [6.07, 6.45) is 0. The van der Waals surface area contributed by atoms with Gasteiger partial charge in [0.25, 0.3) is 0 Å². The number of nitrogens with zero attached hydrogens (tertiary/aromatic N) is 1. The molecule has 2 aromatic rings. The van der Waals surface area contributed by atoms with E-state index >= 15 is 0 Å². The van der Waals surface area contributed by atoms with Crippen LogP contribution in [-0.2, 0) is 0 Å². The number of nitrogens with one attached hydrogen (secondary N) is 1. The van der Waals surface area contributed by atoms with Gasteiger partial charge >= 0.3 is 0 Å². The van der Waals surface area contributed by atoms with E-state index in [2.05, 4.69) is 21.2 Å². The van der Waals surface area contributed by atoms with Crippen LogP contribution in [0.2, 0.25) is 0 Å². The van der Waals surface area contributed by atoms with Crippen LogP contribution in [0, 0.1) is 23.0 Å². The van der Waals surface area contributed by atoms with Gasteiger partial charge in [-0.15, -0.1) is 0 Å². The molecule has 2 rings (SSSR count). The minimum Gasteiger partial charge on any atom is -0.352 e. The van der Waals surface area contributed by atoms with Crippen molar-refractivity contribution in [2.45, 2.75) is 0 Å². The predicted octanol–water partition coefficient (Wildman–Crippen LogP) is 4.34. The largest absolute Gasteiger partial charge is 0.352 e. The molecule has 0 saturated carbocycles. The highest BCUT2D eigenvalue weighted by molar-refractivity contribution is 9.10. The van der Waals surface area contributed by atoms with Crippen LogP contribution in [0.1, 0.15) is 5.56 Å². The highest BCUT2D eigenvalue weighted by Crippen LogP contribution is 2.28. The molecule has 90 valence electrons. The van der Waals surface area contributed by atoms with Crippen molar-refractivity contribution in [2.24, 2.45) is 0 Å². The fraction of sp³-hybridized carbons (Fsp3) is 0. The Morgan fingerprint density at radius 2 is 1.89 bits per heavy atom. The van der Waals surface area contributed by atoms with Gasteiger partial charge in [-0.1, -0.05) is 6.07 Å². The molecule has 5 heteroatoms. The van der Waals surface area contributed by atoms with Gasteiger partial charge in [0.1, 0.15) is 0 Å². The zero-order valence-corrected chi connectivity index (χ0v) is 10.6. The summed E-state index contributed by atoms with van der Waals surface area (Å²) < 4.78 is 27.1. The summed E-state index contributed by atoms with van der Waals surface area (Å²) in [4.78, 5) is 0. The molecule has 0 fully saturated rings. The number of hydrogen-bond acceptors (Lipinski definition) is 2. The third kappa shape index (κ3) is 2.49. The molecule has 0 heterocycles. The van der Waals surface area contributed by atoms with E-state index < -0.39 is 11.6 Å². The molecule has 18 heavy (non-hydrogen) atoms. The Hall–Kier alpha value is -1.93. The highest BCUT2D eigenvalue weighted by Gasteiger charge is 2.09. The number of hydrogen-bond donors (Lipinski definition) is 1. The Morgan fingerprint density at radius 1 is 1.11 bits per heavy atom. The summed E-state index contributed by atoms with van der Waals surface area (Å²) in [5.74, 6) is -1.85. The van der Waals surface area contributed by atoms with E-state index in [0.717, 1.165) is 6.07 Å². The maximum Gasteiger partial charge on any atom is 0.182 e. The molecule has 0 unspecified atom stereocenters. The van der Waals surface area contributed by atoms with Crippen molar-refractivity contribution in [1.29, 1.82) is 5.26 Å². The van der Waals surface area contributed by atoms with Gasteiger partial charge in [-0.3, -0.25) is 0 Å². The first kappa shape index (κ1) is 12.5. The summed E-state index contributed by atoms with van der Waals surface area (Å²) in [5.41, 5.74) is 1.08. The molecule has 2 aromatic carbocycles. The summed E-state index contributed by atoms with van der Waals surface area (Å²) in [5, 5.41) is 11.5. The molecule has 0 spiro atoms. The molecular formula is C13H7BrF2N2. The number of benzene rings is 2. The molecule has 0 aliphatic heterocycles. The molecule has 0 atom stereocenters. The zero-order valence-electron chi connectivity index (χ0n) is 9.05. The maximum absolute atomic E-state index is 13.5. The lowest BCUT2D eigenvalue weighted by Crippen LogP contribution is -1.97. The van der Waals surface area contributed by atoms with E-state index in [0.29, 0.717) is 15.7 Å². The minimum atomic E-state index is -0.936. The standard InChI is InChI=1S/C13H7BrF2N2/c14-9-6-8(7-17)4-5-11(9)18-12-3-1-2-10(15)13(12)16/h1-6,18H. The number of anilines is 2. The third-order valence-electron chi connectivity index (χ3n) is 2.32. The summed E-state index contributed by atoms with van der Waals surface area (Å²) in [6, 6.07) is 10.7. The van der Waals surface area contributed by atoms with E-state index in [4.69, 9.17) is 5.26 Å². The van der Waals surface area contributed by atoms with Crippen molar-refractivity contribution in [1.82, 2.24) is 0 Å². The minimum absolute atomic E-state index is 0.0420. The third-order valence-corrected chi connectivity index (χ3v) is 2.98.